The van der Waals surface area contributed by atoms with E-state index in [1.807, 2.05) is 12.1 Å². The highest BCUT2D eigenvalue weighted by Crippen LogP contribution is 2.23. The van der Waals surface area contributed by atoms with E-state index in [4.69, 9.17) is 5.26 Å². The van der Waals surface area contributed by atoms with Gasteiger partial charge in [0.25, 0.3) is 0 Å². The van der Waals surface area contributed by atoms with Gasteiger partial charge in [-0.25, -0.2) is 15.0 Å². The van der Waals surface area contributed by atoms with E-state index in [1.54, 1.807) is 12.5 Å². The standard InChI is InChI=1S/C19H23N7/c20-13-16-4-5-17(21-14-16)25-8-10-26(11-9-25)19-12-18(22-15-23-19)24-6-2-1-3-7-24/h4-5,12,14-15H,1-3,6-11H2. The lowest BCUT2D eigenvalue weighted by Gasteiger charge is -2.36. The van der Waals surface area contributed by atoms with Crippen LogP contribution >= 0.6 is 0 Å². The number of hydrogen-bond acceptors (Lipinski definition) is 7. The zero-order chi connectivity index (χ0) is 17.8. The minimum atomic E-state index is 0.596. The lowest BCUT2D eigenvalue weighted by atomic mass is 10.1. The fourth-order valence-corrected chi connectivity index (χ4v) is 3.61. The second-order valence-corrected chi connectivity index (χ2v) is 6.77. The molecule has 0 saturated carbocycles. The number of rotatable bonds is 3. The van der Waals surface area contributed by atoms with Crippen molar-refractivity contribution in [3.8, 4) is 6.07 Å². The third kappa shape index (κ3) is 3.54. The van der Waals surface area contributed by atoms with Crippen molar-refractivity contribution < 1.29 is 0 Å². The van der Waals surface area contributed by atoms with Crippen LogP contribution in [0.4, 0.5) is 17.5 Å². The summed E-state index contributed by atoms with van der Waals surface area (Å²) in [4.78, 5) is 20.3. The van der Waals surface area contributed by atoms with E-state index < -0.39 is 0 Å². The quantitative estimate of drug-likeness (QED) is 0.840. The SMILES string of the molecule is N#Cc1ccc(N2CCN(c3cc(N4CCCCC4)ncn3)CC2)nc1. The van der Waals surface area contributed by atoms with E-state index in [2.05, 4.69) is 41.8 Å². The molecule has 0 aromatic carbocycles. The molecule has 4 rings (SSSR count). The number of anilines is 3. The molecular weight excluding hydrogens is 326 g/mol. The van der Waals surface area contributed by atoms with Crippen molar-refractivity contribution in [1.29, 1.82) is 5.26 Å². The highest BCUT2D eigenvalue weighted by Gasteiger charge is 2.20. The van der Waals surface area contributed by atoms with E-state index in [-0.39, 0.29) is 0 Å². The van der Waals surface area contributed by atoms with Crippen LogP contribution in [0.3, 0.4) is 0 Å². The smallest absolute Gasteiger partial charge is 0.134 e. The fraction of sp³-hybridized carbons (Fsp3) is 0.474. The molecule has 7 nitrogen and oxygen atoms in total. The number of piperazine rings is 1. The van der Waals surface area contributed by atoms with Crippen molar-refractivity contribution in [3.63, 3.8) is 0 Å². The molecule has 7 heteroatoms. The first-order valence-electron chi connectivity index (χ1n) is 9.26. The van der Waals surface area contributed by atoms with Gasteiger partial charge in [0, 0.05) is 51.5 Å². The van der Waals surface area contributed by atoms with Gasteiger partial charge in [-0.2, -0.15) is 5.26 Å². The molecular formula is C19H23N7. The van der Waals surface area contributed by atoms with Crippen LogP contribution in [0, 0.1) is 11.3 Å². The van der Waals surface area contributed by atoms with Crippen LogP contribution in [0.1, 0.15) is 24.8 Å². The van der Waals surface area contributed by atoms with Crippen molar-refractivity contribution in [2.75, 3.05) is 54.0 Å². The molecule has 0 bridgehead atoms. The van der Waals surface area contributed by atoms with E-state index in [9.17, 15) is 0 Å². The van der Waals surface area contributed by atoms with E-state index in [0.717, 1.165) is 56.7 Å². The Bertz CT molecular complexity index is 769. The molecule has 134 valence electrons. The lowest BCUT2D eigenvalue weighted by molar-refractivity contribution is 0.572. The number of nitrogens with zero attached hydrogens (tertiary/aromatic N) is 7. The van der Waals surface area contributed by atoms with Crippen molar-refractivity contribution in [2.45, 2.75) is 19.3 Å². The first-order valence-corrected chi connectivity index (χ1v) is 9.26. The Morgan fingerprint density at radius 3 is 1.92 bits per heavy atom. The van der Waals surface area contributed by atoms with Gasteiger partial charge >= 0.3 is 0 Å². The summed E-state index contributed by atoms with van der Waals surface area (Å²) in [6.45, 7) is 5.77. The third-order valence-corrected chi connectivity index (χ3v) is 5.12. The van der Waals surface area contributed by atoms with Gasteiger partial charge in [-0.1, -0.05) is 0 Å². The molecule has 0 unspecified atom stereocenters. The zero-order valence-corrected chi connectivity index (χ0v) is 14.9. The summed E-state index contributed by atoms with van der Waals surface area (Å²) < 4.78 is 0. The monoisotopic (exact) mass is 349 g/mol. The number of nitriles is 1. The Balaban J connectivity index is 1.40. The highest BCUT2D eigenvalue weighted by molar-refractivity contribution is 5.52. The minimum absolute atomic E-state index is 0.596. The molecule has 0 atom stereocenters. The van der Waals surface area contributed by atoms with Gasteiger partial charge in [0.1, 0.15) is 29.9 Å². The summed E-state index contributed by atoms with van der Waals surface area (Å²) in [5.41, 5.74) is 0.596. The van der Waals surface area contributed by atoms with Crippen molar-refractivity contribution in [3.05, 3.63) is 36.3 Å². The van der Waals surface area contributed by atoms with Crippen LogP contribution in [-0.4, -0.2) is 54.2 Å². The van der Waals surface area contributed by atoms with Crippen LogP contribution in [0.15, 0.2) is 30.7 Å². The molecule has 2 saturated heterocycles. The first kappa shape index (κ1) is 16.6. The number of hydrogen-bond donors (Lipinski definition) is 0. The molecule has 2 aliphatic heterocycles. The maximum Gasteiger partial charge on any atom is 0.134 e. The first-order chi connectivity index (χ1) is 12.8. The van der Waals surface area contributed by atoms with Gasteiger partial charge in [0.15, 0.2) is 0 Å². The summed E-state index contributed by atoms with van der Waals surface area (Å²) in [6, 6.07) is 7.98. The predicted molar refractivity (Wildman–Crippen MR) is 101 cm³/mol. The van der Waals surface area contributed by atoms with Crippen molar-refractivity contribution in [2.24, 2.45) is 0 Å². The molecule has 4 heterocycles. The van der Waals surface area contributed by atoms with Gasteiger partial charge in [-0.15, -0.1) is 0 Å². The van der Waals surface area contributed by atoms with Crippen LogP contribution in [0.2, 0.25) is 0 Å². The Morgan fingerprint density at radius 2 is 1.35 bits per heavy atom. The number of pyridine rings is 1. The van der Waals surface area contributed by atoms with Gasteiger partial charge in [0.2, 0.25) is 0 Å². The average Bonchev–Trinajstić information content (AvgIpc) is 2.75. The molecule has 26 heavy (non-hydrogen) atoms. The number of aromatic nitrogens is 3. The average molecular weight is 349 g/mol. The van der Waals surface area contributed by atoms with E-state index in [0.29, 0.717) is 5.56 Å². The maximum absolute atomic E-state index is 8.89. The molecule has 2 aliphatic rings. The number of piperidine rings is 1. The van der Waals surface area contributed by atoms with Gasteiger partial charge in [-0.05, 0) is 31.4 Å². The second kappa shape index (κ2) is 7.56. The van der Waals surface area contributed by atoms with E-state index in [1.165, 1.54) is 19.3 Å². The van der Waals surface area contributed by atoms with Crippen LogP contribution in [0.25, 0.3) is 0 Å². The summed E-state index contributed by atoms with van der Waals surface area (Å²) in [6.07, 6.45) is 7.13. The second-order valence-electron chi connectivity index (χ2n) is 6.77. The molecule has 0 radical (unpaired) electrons. The van der Waals surface area contributed by atoms with E-state index >= 15 is 0 Å². The van der Waals surface area contributed by atoms with Crippen LogP contribution in [-0.2, 0) is 0 Å². The lowest BCUT2D eigenvalue weighted by Crippen LogP contribution is -2.47. The molecule has 2 aromatic heterocycles. The fourth-order valence-electron chi connectivity index (χ4n) is 3.61. The minimum Gasteiger partial charge on any atom is -0.356 e. The summed E-state index contributed by atoms with van der Waals surface area (Å²) in [5, 5.41) is 8.89. The molecule has 0 N–H and O–H groups in total. The molecule has 0 aliphatic carbocycles. The van der Waals surface area contributed by atoms with Crippen LogP contribution < -0.4 is 14.7 Å². The normalized spacial score (nSPS) is 17.9. The predicted octanol–water partition coefficient (Wildman–Crippen LogP) is 2.06. The van der Waals surface area contributed by atoms with Gasteiger partial charge < -0.3 is 14.7 Å². The molecule has 2 fully saturated rings. The Morgan fingerprint density at radius 1 is 0.731 bits per heavy atom. The van der Waals surface area contributed by atoms with Crippen molar-refractivity contribution >= 4 is 17.5 Å². The van der Waals surface area contributed by atoms with Crippen molar-refractivity contribution in [1.82, 2.24) is 15.0 Å². The topological polar surface area (TPSA) is 72.2 Å². The maximum atomic E-state index is 8.89. The Hall–Kier alpha value is -2.88. The molecule has 0 amide bonds. The third-order valence-electron chi connectivity index (χ3n) is 5.12. The van der Waals surface area contributed by atoms with Gasteiger partial charge in [-0.3, -0.25) is 0 Å². The summed E-state index contributed by atoms with van der Waals surface area (Å²) >= 11 is 0. The Labute approximate surface area is 153 Å². The largest absolute Gasteiger partial charge is 0.356 e. The Kier molecular flexibility index (Phi) is 4.82. The van der Waals surface area contributed by atoms with Gasteiger partial charge in [0.05, 0.1) is 5.56 Å². The zero-order valence-electron chi connectivity index (χ0n) is 14.9. The molecule has 0 spiro atoms. The summed E-state index contributed by atoms with van der Waals surface area (Å²) in [7, 11) is 0. The highest BCUT2D eigenvalue weighted by atomic mass is 15.3. The molecule has 2 aromatic rings. The van der Waals surface area contributed by atoms with Crippen LogP contribution in [0.5, 0.6) is 0 Å². The summed E-state index contributed by atoms with van der Waals surface area (Å²) in [5.74, 6) is 2.99.